The van der Waals surface area contributed by atoms with E-state index in [-0.39, 0.29) is 10.1 Å². The van der Waals surface area contributed by atoms with Gasteiger partial charge in [0.2, 0.25) is 0 Å². The monoisotopic (exact) mass is 405 g/mol. The van der Waals surface area contributed by atoms with Crippen LogP contribution in [0.1, 0.15) is 12.5 Å². The van der Waals surface area contributed by atoms with E-state index in [2.05, 4.69) is 4.98 Å². The lowest BCUT2D eigenvalue weighted by Crippen LogP contribution is -1.99. The number of carbonyl (C=O) groups is 1. The highest BCUT2D eigenvalue weighted by Gasteiger charge is 2.17. The van der Waals surface area contributed by atoms with Crippen LogP contribution in [-0.4, -0.2) is 29.8 Å². The second-order valence-corrected chi connectivity index (χ2v) is 6.73. The molecule has 0 fully saturated rings. The van der Waals surface area contributed by atoms with Gasteiger partial charge in [0.1, 0.15) is 10.4 Å². The molecule has 140 valence electrons. The fraction of sp³-hybridized carbons (Fsp3) is 0.158. The number of oxazole rings is 1. The second kappa shape index (κ2) is 8.37. The number of carboxylic acid groups (broad SMARTS) is 1. The number of carboxylic acids is 1. The number of halogens is 1. The fourth-order valence-electron chi connectivity index (χ4n) is 2.41. The minimum Gasteiger partial charge on any atom is -0.491 e. The highest BCUT2D eigenvalue weighted by atomic mass is 35.5. The van der Waals surface area contributed by atoms with E-state index in [0.29, 0.717) is 39.8 Å². The normalized spacial score (nSPS) is 11.6. The van der Waals surface area contributed by atoms with Crippen LogP contribution in [0, 0.1) is 0 Å². The Hall–Kier alpha value is -2.64. The van der Waals surface area contributed by atoms with Crippen LogP contribution in [-0.2, 0) is 4.79 Å². The number of hydrogen-bond acceptors (Lipinski definition) is 6. The molecule has 8 heteroatoms. The third-order valence-corrected chi connectivity index (χ3v) is 4.66. The van der Waals surface area contributed by atoms with E-state index in [1.165, 1.54) is 13.2 Å². The number of nitrogens with zero attached hydrogens (tertiary/aromatic N) is 1. The van der Waals surface area contributed by atoms with Crippen LogP contribution in [0.3, 0.4) is 0 Å². The summed E-state index contributed by atoms with van der Waals surface area (Å²) in [6.07, 6.45) is 1.48. The topological polar surface area (TPSA) is 81.8 Å². The maximum absolute atomic E-state index is 11.7. The Labute approximate surface area is 164 Å². The number of aliphatic carboxylic acids is 1. The summed E-state index contributed by atoms with van der Waals surface area (Å²) in [5, 5.41) is 10.1. The summed E-state index contributed by atoms with van der Waals surface area (Å²) in [5.41, 5.74) is 1.82. The van der Waals surface area contributed by atoms with Gasteiger partial charge in [-0.2, -0.15) is 0 Å². The van der Waals surface area contributed by atoms with Crippen molar-refractivity contribution in [1.29, 1.82) is 0 Å². The van der Waals surface area contributed by atoms with Crippen molar-refractivity contribution in [3.63, 3.8) is 0 Å². The molecule has 1 heterocycles. The maximum Gasteiger partial charge on any atom is 0.342 e. The van der Waals surface area contributed by atoms with Crippen molar-refractivity contribution in [2.45, 2.75) is 12.1 Å². The van der Waals surface area contributed by atoms with Crippen molar-refractivity contribution >= 4 is 46.5 Å². The van der Waals surface area contributed by atoms with Crippen molar-refractivity contribution in [3.05, 3.63) is 51.9 Å². The maximum atomic E-state index is 11.7. The number of ether oxygens (including phenoxy) is 2. The lowest BCUT2D eigenvalue weighted by atomic mass is 10.2. The average molecular weight is 406 g/mol. The van der Waals surface area contributed by atoms with Crippen LogP contribution in [0.5, 0.6) is 11.5 Å². The molecule has 3 aromatic rings. The van der Waals surface area contributed by atoms with Crippen LogP contribution < -0.4 is 9.47 Å². The molecular weight excluding hydrogens is 390 g/mol. The number of benzene rings is 2. The second-order valence-electron chi connectivity index (χ2n) is 5.33. The van der Waals surface area contributed by atoms with Crippen molar-refractivity contribution in [2.24, 2.45) is 0 Å². The molecular formula is C19H16ClNO5S. The molecule has 3 rings (SSSR count). The molecule has 0 amide bonds. The van der Waals surface area contributed by atoms with Crippen LogP contribution >= 0.6 is 23.4 Å². The zero-order valence-electron chi connectivity index (χ0n) is 14.6. The van der Waals surface area contributed by atoms with E-state index in [4.69, 9.17) is 25.5 Å². The van der Waals surface area contributed by atoms with Gasteiger partial charge in [0, 0.05) is 0 Å². The lowest BCUT2D eigenvalue weighted by molar-refractivity contribution is -0.131. The number of fused-ring (bicyclic) bond motifs is 1. The predicted molar refractivity (Wildman–Crippen MR) is 105 cm³/mol. The van der Waals surface area contributed by atoms with Gasteiger partial charge in [-0.15, -0.1) is 0 Å². The van der Waals surface area contributed by atoms with Gasteiger partial charge >= 0.3 is 5.97 Å². The molecule has 1 N–H and O–H groups in total. The zero-order chi connectivity index (χ0) is 19.4. The van der Waals surface area contributed by atoms with E-state index >= 15 is 0 Å². The third-order valence-electron chi connectivity index (χ3n) is 3.52. The molecule has 0 atom stereocenters. The van der Waals surface area contributed by atoms with Gasteiger partial charge < -0.3 is 19.0 Å². The summed E-state index contributed by atoms with van der Waals surface area (Å²) in [6.45, 7) is 2.25. The standard InChI is InChI=1S/C19H16ClNO5S/c1-3-25-15-9-11(8-12(20)17(15)24-2)10-16(18(22)23)27-19-21-13-6-4-5-7-14(13)26-19/h4-10H,3H2,1-2H3,(H,22,23)/b16-10+. The van der Waals surface area contributed by atoms with E-state index in [1.807, 2.05) is 19.1 Å². The molecule has 0 aliphatic heterocycles. The van der Waals surface area contributed by atoms with E-state index in [9.17, 15) is 9.90 Å². The minimum absolute atomic E-state index is 0.0326. The highest BCUT2D eigenvalue weighted by molar-refractivity contribution is 8.03. The molecule has 2 aromatic carbocycles. The molecule has 0 radical (unpaired) electrons. The third kappa shape index (κ3) is 4.37. The Balaban J connectivity index is 1.96. The Morgan fingerprint density at radius 3 is 2.81 bits per heavy atom. The first-order valence-corrected chi connectivity index (χ1v) is 9.20. The number of hydrogen-bond donors (Lipinski definition) is 1. The van der Waals surface area contributed by atoms with Crippen LogP contribution in [0.25, 0.3) is 17.2 Å². The van der Waals surface area contributed by atoms with Gasteiger partial charge in [0.05, 0.1) is 18.7 Å². The lowest BCUT2D eigenvalue weighted by Gasteiger charge is -2.12. The average Bonchev–Trinajstić information content (AvgIpc) is 3.03. The summed E-state index contributed by atoms with van der Waals surface area (Å²) in [7, 11) is 1.49. The molecule has 1 aromatic heterocycles. The van der Waals surface area contributed by atoms with E-state index in [0.717, 1.165) is 11.8 Å². The number of methoxy groups -OCH3 is 1. The number of rotatable bonds is 7. The quantitative estimate of drug-likeness (QED) is 0.432. The molecule has 0 saturated heterocycles. The Kier molecular flexibility index (Phi) is 5.93. The van der Waals surface area contributed by atoms with Gasteiger partial charge in [0.25, 0.3) is 5.22 Å². The molecule has 0 aliphatic rings. The van der Waals surface area contributed by atoms with Gasteiger partial charge in [-0.25, -0.2) is 9.78 Å². The van der Waals surface area contributed by atoms with Crippen LogP contribution in [0.2, 0.25) is 5.02 Å². The number of aromatic nitrogens is 1. The van der Waals surface area contributed by atoms with Crippen molar-refractivity contribution in [2.75, 3.05) is 13.7 Å². The first-order chi connectivity index (χ1) is 13.0. The highest BCUT2D eigenvalue weighted by Crippen LogP contribution is 2.38. The Morgan fingerprint density at radius 1 is 1.37 bits per heavy atom. The smallest absolute Gasteiger partial charge is 0.342 e. The van der Waals surface area contributed by atoms with E-state index in [1.54, 1.807) is 24.3 Å². The first kappa shape index (κ1) is 19.1. The van der Waals surface area contributed by atoms with Crippen LogP contribution in [0.15, 0.2) is 50.9 Å². The fourth-order valence-corrected chi connectivity index (χ4v) is 3.45. The summed E-state index contributed by atoms with van der Waals surface area (Å²) in [6, 6.07) is 10.5. The predicted octanol–water partition coefficient (Wildman–Crippen LogP) is 5.11. The number of thioether (sulfide) groups is 1. The summed E-state index contributed by atoms with van der Waals surface area (Å²) in [4.78, 5) is 16.0. The van der Waals surface area contributed by atoms with Gasteiger partial charge in [-0.1, -0.05) is 23.7 Å². The molecule has 0 saturated carbocycles. The number of para-hydroxylation sites is 2. The van der Waals surface area contributed by atoms with Gasteiger partial charge in [-0.05, 0) is 54.6 Å². The molecule has 0 aliphatic carbocycles. The first-order valence-electron chi connectivity index (χ1n) is 8.00. The summed E-state index contributed by atoms with van der Waals surface area (Å²) >= 11 is 7.15. The Morgan fingerprint density at radius 2 is 2.15 bits per heavy atom. The Bertz CT molecular complexity index is 982. The molecule has 6 nitrogen and oxygen atoms in total. The summed E-state index contributed by atoms with van der Waals surface area (Å²) < 4.78 is 16.4. The van der Waals surface area contributed by atoms with E-state index < -0.39 is 5.97 Å². The van der Waals surface area contributed by atoms with Gasteiger partial charge in [-0.3, -0.25) is 0 Å². The van der Waals surface area contributed by atoms with Gasteiger partial charge in [0.15, 0.2) is 17.1 Å². The SMILES string of the molecule is CCOc1cc(/C=C(/Sc2nc3ccccc3o2)C(=O)O)cc(Cl)c1OC. The van der Waals surface area contributed by atoms with Crippen molar-refractivity contribution in [3.8, 4) is 11.5 Å². The largest absolute Gasteiger partial charge is 0.491 e. The molecule has 0 bridgehead atoms. The van der Waals surface area contributed by atoms with Crippen molar-refractivity contribution in [1.82, 2.24) is 4.98 Å². The van der Waals surface area contributed by atoms with Crippen LogP contribution in [0.4, 0.5) is 0 Å². The zero-order valence-corrected chi connectivity index (χ0v) is 16.1. The molecule has 0 spiro atoms. The van der Waals surface area contributed by atoms with Crippen molar-refractivity contribution < 1.29 is 23.8 Å². The molecule has 27 heavy (non-hydrogen) atoms. The summed E-state index contributed by atoms with van der Waals surface area (Å²) in [5.74, 6) is -0.262. The minimum atomic E-state index is -1.10. The molecule has 0 unspecified atom stereocenters.